The lowest BCUT2D eigenvalue weighted by atomic mass is 9.93. The van der Waals surface area contributed by atoms with Gasteiger partial charge in [0.15, 0.2) is 0 Å². The summed E-state index contributed by atoms with van der Waals surface area (Å²) in [6, 6.07) is 2.45. The summed E-state index contributed by atoms with van der Waals surface area (Å²) in [5.41, 5.74) is 1.47. The Morgan fingerprint density at radius 2 is 2.07 bits per heavy atom. The molecule has 76 valence electrons. The van der Waals surface area contributed by atoms with Gasteiger partial charge in [0.25, 0.3) is 0 Å². The molecule has 1 heterocycles. The van der Waals surface area contributed by atoms with E-state index in [1.165, 1.54) is 6.07 Å². The highest BCUT2D eigenvalue weighted by Gasteiger charge is 2.24. The number of likely N-dealkylation sites (N-methyl/N-ethyl adjacent to an activating group) is 1. The Kier molecular flexibility index (Phi) is 2.27. The molecule has 1 aliphatic rings. The van der Waals surface area contributed by atoms with Crippen LogP contribution in [0, 0.1) is 11.6 Å². The van der Waals surface area contributed by atoms with E-state index in [1.807, 2.05) is 14.0 Å². The maximum absolute atomic E-state index is 13.5. The van der Waals surface area contributed by atoms with Crippen LogP contribution in [0.1, 0.15) is 24.1 Å². The molecule has 1 nitrogen and oxygen atoms in total. The molecule has 0 aromatic heterocycles. The molecule has 1 aromatic rings. The van der Waals surface area contributed by atoms with Gasteiger partial charge in [-0.1, -0.05) is 0 Å². The molecule has 0 radical (unpaired) electrons. The predicted octanol–water partition coefficient (Wildman–Crippen LogP) is 2.51. The number of hydrogen-bond donors (Lipinski definition) is 0. The van der Waals surface area contributed by atoms with Gasteiger partial charge >= 0.3 is 0 Å². The Bertz CT molecular complexity index is 363. The van der Waals surface area contributed by atoms with Crippen LogP contribution in [0.4, 0.5) is 8.78 Å². The summed E-state index contributed by atoms with van der Waals surface area (Å²) in [6.45, 7) is 2.80. The van der Waals surface area contributed by atoms with Crippen molar-refractivity contribution in [1.29, 1.82) is 0 Å². The van der Waals surface area contributed by atoms with Gasteiger partial charge in [-0.05, 0) is 32.0 Å². The van der Waals surface area contributed by atoms with E-state index in [9.17, 15) is 8.78 Å². The molecule has 1 unspecified atom stereocenters. The fourth-order valence-corrected chi connectivity index (χ4v) is 2.02. The third kappa shape index (κ3) is 1.42. The topological polar surface area (TPSA) is 3.24 Å². The van der Waals surface area contributed by atoms with E-state index in [0.29, 0.717) is 5.56 Å². The van der Waals surface area contributed by atoms with Crippen LogP contribution in [0.3, 0.4) is 0 Å². The van der Waals surface area contributed by atoms with Crippen LogP contribution in [0.25, 0.3) is 0 Å². The van der Waals surface area contributed by atoms with Gasteiger partial charge in [0, 0.05) is 24.2 Å². The molecule has 0 fully saturated rings. The van der Waals surface area contributed by atoms with Crippen LogP contribution in [-0.4, -0.2) is 18.5 Å². The van der Waals surface area contributed by atoms with E-state index < -0.39 is 11.6 Å². The minimum absolute atomic E-state index is 0.0411. The van der Waals surface area contributed by atoms with Crippen molar-refractivity contribution in [3.05, 3.63) is 34.9 Å². The minimum Gasteiger partial charge on any atom is -0.299 e. The third-order valence-corrected chi connectivity index (χ3v) is 2.99. The van der Waals surface area contributed by atoms with Crippen molar-refractivity contribution in [2.24, 2.45) is 0 Å². The second-order valence-corrected chi connectivity index (χ2v) is 3.87. The number of nitrogens with zero attached hydrogens (tertiary/aromatic N) is 1. The maximum Gasteiger partial charge on any atom is 0.131 e. The van der Waals surface area contributed by atoms with Crippen LogP contribution < -0.4 is 0 Å². The predicted molar refractivity (Wildman–Crippen MR) is 51.1 cm³/mol. The monoisotopic (exact) mass is 197 g/mol. The minimum atomic E-state index is -0.474. The summed E-state index contributed by atoms with van der Waals surface area (Å²) in [7, 11) is 1.95. The molecule has 0 bridgehead atoms. The third-order valence-electron chi connectivity index (χ3n) is 2.99. The van der Waals surface area contributed by atoms with Gasteiger partial charge in [0.2, 0.25) is 0 Å². The summed E-state index contributed by atoms with van der Waals surface area (Å²) in [6.07, 6.45) is 0.727. The number of halogens is 2. The summed E-state index contributed by atoms with van der Waals surface area (Å²) in [5.74, 6) is -0.892. The van der Waals surface area contributed by atoms with Gasteiger partial charge in [0.1, 0.15) is 11.6 Å². The Morgan fingerprint density at radius 3 is 2.79 bits per heavy atom. The summed E-state index contributed by atoms with van der Waals surface area (Å²) in [5, 5.41) is 0. The van der Waals surface area contributed by atoms with E-state index in [0.717, 1.165) is 24.6 Å². The van der Waals surface area contributed by atoms with Crippen molar-refractivity contribution in [1.82, 2.24) is 4.90 Å². The molecule has 0 saturated carbocycles. The fourth-order valence-electron chi connectivity index (χ4n) is 2.02. The van der Waals surface area contributed by atoms with Gasteiger partial charge in [-0.2, -0.15) is 0 Å². The standard InChI is InChI=1S/C11H13F2N/c1-7-11-8(3-4-14(7)2)5-9(12)6-10(11)13/h5-7H,3-4H2,1-2H3. The van der Waals surface area contributed by atoms with Crippen LogP contribution in [0.5, 0.6) is 0 Å². The van der Waals surface area contributed by atoms with Crippen molar-refractivity contribution in [3.63, 3.8) is 0 Å². The molecule has 0 saturated heterocycles. The molecule has 1 atom stereocenters. The Morgan fingerprint density at radius 1 is 1.36 bits per heavy atom. The lowest BCUT2D eigenvalue weighted by Gasteiger charge is -2.32. The highest BCUT2D eigenvalue weighted by molar-refractivity contribution is 5.34. The van der Waals surface area contributed by atoms with E-state index in [4.69, 9.17) is 0 Å². The van der Waals surface area contributed by atoms with Gasteiger partial charge < -0.3 is 0 Å². The van der Waals surface area contributed by atoms with Gasteiger partial charge in [0.05, 0.1) is 0 Å². The SMILES string of the molecule is CC1c2c(F)cc(F)cc2CCN1C. The van der Waals surface area contributed by atoms with E-state index in [2.05, 4.69) is 4.90 Å². The second-order valence-electron chi connectivity index (χ2n) is 3.87. The average molecular weight is 197 g/mol. The molecule has 2 rings (SSSR count). The zero-order valence-corrected chi connectivity index (χ0v) is 8.35. The first kappa shape index (κ1) is 9.59. The highest BCUT2D eigenvalue weighted by Crippen LogP contribution is 2.30. The van der Waals surface area contributed by atoms with Crippen molar-refractivity contribution >= 4 is 0 Å². The zero-order chi connectivity index (χ0) is 10.3. The van der Waals surface area contributed by atoms with Crippen molar-refractivity contribution in [3.8, 4) is 0 Å². The van der Waals surface area contributed by atoms with E-state index in [1.54, 1.807) is 0 Å². The zero-order valence-electron chi connectivity index (χ0n) is 8.35. The first-order valence-corrected chi connectivity index (χ1v) is 4.77. The molecule has 0 amide bonds. The van der Waals surface area contributed by atoms with Crippen LogP contribution in [0.15, 0.2) is 12.1 Å². The van der Waals surface area contributed by atoms with Crippen LogP contribution in [-0.2, 0) is 6.42 Å². The van der Waals surface area contributed by atoms with Crippen molar-refractivity contribution < 1.29 is 8.78 Å². The molecule has 1 aromatic carbocycles. The number of benzene rings is 1. The fraction of sp³-hybridized carbons (Fsp3) is 0.455. The summed E-state index contributed by atoms with van der Waals surface area (Å²) >= 11 is 0. The lowest BCUT2D eigenvalue weighted by Crippen LogP contribution is -2.31. The number of rotatable bonds is 0. The summed E-state index contributed by atoms with van der Waals surface area (Å²) < 4.78 is 26.4. The molecular weight excluding hydrogens is 184 g/mol. The smallest absolute Gasteiger partial charge is 0.131 e. The molecule has 14 heavy (non-hydrogen) atoms. The van der Waals surface area contributed by atoms with Gasteiger partial charge in [-0.25, -0.2) is 8.78 Å². The van der Waals surface area contributed by atoms with Crippen LogP contribution >= 0.6 is 0 Å². The van der Waals surface area contributed by atoms with Crippen LogP contribution in [0.2, 0.25) is 0 Å². The normalized spacial score (nSPS) is 22.1. The first-order valence-electron chi connectivity index (χ1n) is 4.77. The Hall–Kier alpha value is -0.960. The average Bonchev–Trinajstić information content (AvgIpc) is 2.10. The Labute approximate surface area is 82.3 Å². The van der Waals surface area contributed by atoms with Crippen molar-refractivity contribution in [2.45, 2.75) is 19.4 Å². The van der Waals surface area contributed by atoms with E-state index in [-0.39, 0.29) is 6.04 Å². The molecule has 0 spiro atoms. The highest BCUT2D eigenvalue weighted by atomic mass is 19.1. The molecule has 3 heteroatoms. The first-order chi connectivity index (χ1) is 6.59. The molecule has 0 N–H and O–H groups in total. The van der Waals surface area contributed by atoms with E-state index >= 15 is 0 Å². The second kappa shape index (κ2) is 3.31. The lowest BCUT2D eigenvalue weighted by molar-refractivity contribution is 0.240. The molecule has 1 aliphatic heterocycles. The number of fused-ring (bicyclic) bond motifs is 1. The maximum atomic E-state index is 13.5. The largest absolute Gasteiger partial charge is 0.299 e. The van der Waals surface area contributed by atoms with Gasteiger partial charge in [-0.15, -0.1) is 0 Å². The molecule has 0 aliphatic carbocycles. The molecular formula is C11H13F2N. The van der Waals surface area contributed by atoms with Gasteiger partial charge in [-0.3, -0.25) is 4.90 Å². The van der Waals surface area contributed by atoms with Crippen molar-refractivity contribution in [2.75, 3.05) is 13.6 Å². The Balaban J connectivity index is 2.54. The quantitative estimate of drug-likeness (QED) is 0.617. The number of hydrogen-bond acceptors (Lipinski definition) is 1. The summed E-state index contributed by atoms with van der Waals surface area (Å²) in [4.78, 5) is 2.07.